The third-order valence-corrected chi connectivity index (χ3v) is 2.10. The first-order valence-corrected chi connectivity index (χ1v) is 4.92. The molecule has 0 aliphatic carbocycles. The lowest BCUT2D eigenvalue weighted by molar-refractivity contribution is 0.607. The largest absolute Gasteiger partial charge is 0.383 e. The number of hydrogen-bond acceptors (Lipinski definition) is 2. The zero-order valence-electron chi connectivity index (χ0n) is 8.05. The summed E-state index contributed by atoms with van der Waals surface area (Å²) < 4.78 is 0. The molecule has 0 spiro atoms. The predicted octanol–water partition coefficient (Wildman–Crippen LogP) is 3.19. The van der Waals surface area contributed by atoms with Crippen molar-refractivity contribution < 1.29 is 0 Å². The Kier molecular flexibility index (Phi) is 4.03. The van der Waals surface area contributed by atoms with E-state index in [1.807, 2.05) is 12.1 Å². The first kappa shape index (κ1) is 10.3. The quantitative estimate of drug-likeness (QED) is 0.752. The van der Waals surface area contributed by atoms with Crippen LogP contribution in [-0.2, 0) is 0 Å². The zero-order valence-corrected chi connectivity index (χ0v) is 8.80. The minimum absolute atomic E-state index is 0.547. The van der Waals surface area contributed by atoms with Crippen molar-refractivity contribution in [2.75, 3.05) is 11.9 Å². The standard InChI is InChI=1S/C10H15ClN2/c1-8(2)5-7-12-9-4-3-6-13-10(9)11/h3-4,6,8,12H,5,7H2,1-2H3. The van der Waals surface area contributed by atoms with Crippen LogP contribution in [0.4, 0.5) is 5.69 Å². The molecule has 0 saturated carbocycles. The number of hydrogen-bond donors (Lipinski definition) is 1. The van der Waals surface area contributed by atoms with Crippen molar-refractivity contribution in [2.24, 2.45) is 5.92 Å². The molecule has 0 atom stereocenters. The van der Waals surface area contributed by atoms with E-state index in [0.29, 0.717) is 11.1 Å². The van der Waals surface area contributed by atoms with Crippen LogP contribution < -0.4 is 5.32 Å². The van der Waals surface area contributed by atoms with Crippen LogP contribution in [-0.4, -0.2) is 11.5 Å². The fourth-order valence-corrected chi connectivity index (χ4v) is 1.20. The lowest BCUT2D eigenvalue weighted by atomic mass is 10.1. The number of nitrogens with zero attached hydrogens (tertiary/aromatic N) is 1. The summed E-state index contributed by atoms with van der Waals surface area (Å²) in [6, 6.07) is 3.82. The first-order valence-electron chi connectivity index (χ1n) is 4.54. The number of nitrogens with one attached hydrogen (secondary N) is 1. The Bertz CT molecular complexity index is 261. The molecule has 1 aromatic heterocycles. The normalized spacial score (nSPS) is 10.5. The molecule has 0 aliphatic heterocycles. The Morgan fingerprint density at radius 1 is 1.54 bits per heavy atom. The van der Waals surface area contributed by atoms with Crippen LogP contribution in [0.15, 0.2) is 18.3 Å². The van der Waals surface area contributed by atoms with E-state index < -0.39 is 0 Å². The Balaban J connectivity index is 2.41. The highest BCUT2D eigenvalue weighted by Gasteiger charge is 1.99. The molecule has 0 unspecified atom stereocenters. The minimum atomic E-state index is 0.547. The van der Waals surface area contributed by atoms with Crippen LogP contribution in [0.2, 0.25) is 5.15 Å². The number of anilines is 1. The fraction of sp³-hybridized carbons (Fsp3) is 0.500. The van der Waals surface area contributed by atoms with E-state index in [1.54, 1.807) is 6.20 Å². The highest BCUT2D eigenvalue weighted by molar-refractivity contribution is 6.31. The number of aromatic nitrogens is 1. The van der Waals surface area contributed by atoms with Gasteiger partial charge in [-0.3, -0.25) is 0 Å². The molecule has 1 N–H and O–H groups in total. The Labute approximate surface area is 84.3 Å². The monoisotopic (exact) mass is 198 g/mol. The van der Waals surface area contributed by atoms with E-state index in [4.69, 9.17) is 11.6 Å². The molecular formula is C10H15ClN2. The third kappa shape index (κ3) is 3.64. The van der Waals surface area contributed by atoms with Crippen LogP contribution in [0.3, 0.4) is 0 Å². The maximum Gasteiger partial charge on any atom is 0.152 e. The molecule has 3 heteroatoms. The van der Waals surface area contributed by atoms with Crippen LogP contribution in [0.1, 0.15) is 20.3 Å². The summed E-state index contributed by atoms with van der Waals surface area (Å²) in [6.45, 7) is 5.35. The van der Waals surface area contributed by atoms with Crippen molar-refractivity contribution in [1.82, 2.24) is 4.98 Å². The second-order valence-electron chi connectivity index (χ2n) is 3.45. The zero-order chi connectivity index (χ0) is 9.68. The Hall–Kier alpha value is -0.760. The van der Waals surface area contributed by atoms with Crippen molar-refractivity contribution in [3.63, 3.8) is 0 Å². The predicted molar refractivity (Wildman–Crippen MR) is 57.2 cm³/mol. The van der Waals surface area contributed by atoms with Crippen molar-refractivity contribution in [1.29, 1.82) is 0 Å². The molecule has 0 saturated heterocycles. The first-order chi connectivity index (χ1) is 6.20. The van der Waals surface area contributed by atoms with Gasteiger partial charge in [-0.05, 0) is 24.5 Å². The van der Waals surface area contributed by atoms with Gasteiger partial charge in [-0.15, -0.1) is 0 Å². The molecule has 0 aromatic carbocycles. The molecule has 1 heterocycles. The summed E-state index contributed by atoms with van der Waals surface area (Å²) in [5, 5.41) is 3.80. The van der Waals surface area contributed by atoms with Crippen molar-refractivity contribution in [3.05, 3.63) is 23.5 Å². The molecular weight excluding hydrogens is 184 g/mol. The van der Waals surface area contributed by atoms with Gasteiger partial charge in [0.15, 0.2) is 5.15 Å². The number of rotatable bonds is 4. The Morgan fingerprint density at radius 3 is 2.92 bits per heavy atom. The van der Waals surface area contributed by atoms with E-state index >= 15 is 0 Å². The van der Waals surface area contributed by atoms with E-state index in [2.05, 4.69) is 24.1 Å². The van der Waals surface area contributed by atoms with E-state index in [-0.39, 0.29) is 0 Å². The number of pyridine rings is 1. The van der Waals surface area contributed by atoms with E-state index in [9.17, 15) is 0 Å². The van der Waals surface area contributed by atoms with Gasteiger partial charge in [-0.1, -0.05) is 25.4 Å². The highest BCUT2D eigenvalue weighted by atomic mass is 35.5. The molecule has 1 rings (SSSR count). The van der Waals surface area contributed by atoms with Crippen molar-refractivity contribution >= 4 is 17.3 Å². The third-order valence-electron chi connectivity index (χ3n) is 1.80. The molecule has 72 valence electrons. The fourth-order valence-electron chi connectivity index (χ4n) is 1.01. The topological polar surface area (TPSA) is 24.9 Å². The summed E-state index contributed by atoms with van der Waals surface area (Å²) in [5.74, 6) is 0.711. The van der Waals surface area contributed by atoms with Crippen LogP contribution in [0.25, 0.3) is 0 Å². The minimum Gasteiger partial charge on any atom is -0.383 e. The maximum atomic E-state index is 5.87. The molecule has 0 fully saturated rings. The lowest BCUT2D eigenvalue weighted by Gasteiger charge is -2.08. The summed E-state index contributed by atoms with van der Waals surface area (Å²) in [6.07, 6.45) is 2.83. The molecule has 0 radical (unpaired) electrons. The van der Waals surface area contributed by atoms with Gasteiger partial charge in [0.05, 0.1) is 5.69 Å². The summed E-state index contributed by atoms with van der Waals surface area (Å²) in [5.41, 5.74) is 0.921. The molecule has 0 amide bonds. The molecule has 2 nitrogen and oxygen atoms in total. The van der Waals surface area contributed by atoms with Crippen LogP contribution in [0.5, 0.6) is 0 Å². The van der Waals surface area contributed by atoms with Gasteiger partial charge < -0.3 is 5.32 Å². The second kappa shape index (κ2) is 5.07. The van der Waals surface area contributed by atoms with Crippen molar-refractivity contribution in [2.45, 2.75) is 20.3 Å². The molecule has 0 aliphatic rings. The van der Waals surface area contributed by atoms with E-state index in [0.717, 1.165) is 18.7 Å². The van der Waals surface area contributed by atoms with Gasteiger partial charge >= 0.3 is 0 Å². The van der Waals surface area contributed by atoms with Gasteiger partial charge in [0.1, 0.15) is 0 Å². The van der Waals surface area contributed by atoms with Crippen LogP contribution in [0, 0.1) is 5.92 Å². The van der Waals surface area contributed by atoms with Crippen LogP contribution >= 0.6 is 11.6 Å². The second-order valence-corrected chi connectivity index (χ2v) is 3.81. The molecule has 1 aromatic rings. The smallest absolute Gasteiger partial charge is 0.152 e. The van der Waals surface area contributed by atoms with Gasteiger partial charge in [-0.2, -0.15) is 0 Å². The number of halogens is 1. The van der Waals surface area contributed by atoms with Crippen molar-refractivity contribution in [3.8, 4) is 0 Å². The van der Waals surface area contributed by atoms with Gasteiger partial charge in [0.2, 0.25) is 0 Å². The maximum absolute atomic E-state index is 5.87. The van der Waals surface area contributed by atoms with Gasteiger partial charge in [0, 0.05) is 12.7 Å². The molecule has 13 heavy (non-hydrogen) atoms. The Morgan fingerprint density at radius 2 is 2.31 bits per heavy atom. The molecule has 0 bridgehead atoms. The average molecular weight is 199 g/mol. The summed E-state index contributed by atoms with van der Waals surface area (Å²) in [4.78, 5) is 3.98. The average Bonchev–Trinajstić information content (AvgIpc) is 2.08. The SMILES string of the molecule is CC(C)CCNc1cccnc1Cl. The lowest BCUT2D eigenvalue weighted by Crippen LogP contribution is -2.05. The van der Waals surface area contributed by atoms with Gasteiger partial charge in [-0.25, -0.2) is 4.98 Å². The summed E-state index contributed by atoms with van der Waals surface area (Å²) in [7, 11) is 0. The summed E-state index contributed by atoms with van der Waals surface area (Å²) >= 11 is 5.87. The van der Waals surface area contributed by atoms with Gasteiger partial charge in [0.25, 0.3) is 0 Å². The highest BCUT2D eigenvalue weighted by Crippen LogP contribution is 2.17. The van der Waals surface area contributed by atoms with E-state index in [1.165, 1.54) is 0 Å².